The molecule has 1 fully saturated rings. The van der Waals surface area contributed by atoms with Crippen molar-refractivity contribution in [2.24, 2.45) is 5.92 Å². The van der Waals surface area contributed by atoms with Crippen LogP contribution in [-0.4, -0.2) is 29.8 Å². The monoisotopic (exact) mass is 288 g/mol. The van der Waals surface area contributed by atoms with Crippen LogP contribution < -0.4 is 5.32 Å². The number of hydrogen-bond donors (Lipinski definition) is 1. The highest BCUT2D eigenvalue weighted by molar-refractivity contribution is 6.04. The summed E-state index contributed by atoms with van der Waals surface area (Å²) in [6.45, 7) is 7.66. The number of carbonyl (C=O) groups excluding carboxylic acids is 2. The summed E-state index contributed by atoms with van der Waals surface area (Å²) in [5.74, 6) is 0.388. The van der Waals surface area contributed by atoms with Crippen LogP contribution >= 0.6 is 0 Å². The number of hydrogen-bond acceptors (Lipinski definition) is 2. The standard InChI is InChI=1S/C17H24N2O2/c1-12-7-9-19(10-8-12)16(21)11-15(20)18-17-13(2)5-4-6-14(17)3/h4-6,12H,7-11H2,1-3H3,(H,18,20). The van der Waals surface area contributed by atoms with Crippen LogP contribution in [0.1, 0.15) is 37.3 Å². The van der Waals surface area contributed by atoms with E-state index in [1.54, 1.807) is 0 Å². The van der Waals surface area contributed by atoms with Crippen LogP contribution in [-0.2, 0) is 9.59 Å². The molecule has 21 heavy (non-hydrogen) atoms. The molecule has 1 saturated heterocycles. The Morgan fingerprint density at radius 3 is 2.33 bits per heavy atom. The van der Waals surface area contributed by atoms with Gasteiger partial charge in [-0.3, -0.25) is 9.59 Å². The molecular weight excluding hydrogens is 264 g/mol. The fourth-order valence-corrected chi connectivity index (χ4v) is 2.70. The highest BCUT2D eigenvalue weighted by atomic mass is 16.2. The van der Waals surface area contributed by atoms with Gasteiger partial charge < -0.3 is 10.2 Å². The lowest BCUT2D eigenvalue weighted by Crippen LogP contribution is -2.39. The molecule has 0 atom stereocenters. The highest BCUT2D eigenvalue weighted by Crippen LogP contribution is 2.20. The molecule has 0 aromatic heterocycles. The number of nitrogens with zero attached hydrogens (tertiary/aromatic N) is 1. The van der Waals surface area contributed by atoms with Gasteiger partial charge in [-0.2, -0.15) is 0 Å². The smallest absolute Gasteiger partial charge is 0.233 e. The molecule has 4 heteroatoms. The molecule has 4 nitrogen and oxygen atoms in total. The average molecular weight is 288 g/mol. The topological polar surface area (TPSA) is 49.4 Å². The van der Waals surface area contributed by atoms with Crippen LogP contribution in [0.5, 0.6) is 0 Å². The number of rotatable bonds is 3. The summed E-state index contributed by atoms with van der Waals surface area (Å²) in [6.07, 6.45) is 2.00. The molecule has 0 unspecified atom stereocenters. The Hall–Kier alpha value is -1.84. The number of amides is 2. The molecule has 1 aliphatic rings. The van der Waals surface area contributed by atoms with Crippen molar-refractivity contribution in [1.29, 1.82) is 0 Å². The van der Waals surface area contributed by atoms with Gasteiger partial charge in [0.15, 0.2) is 0 Å². The van der Waals surface area contributed by atoms with Crippen molar-refractivity contribution in [1.82, 2.24) is 4.90 Å². The van der Waals surface area contributed by atoms with Gasteiger partial charge in [-0.05, 0) is 43.7 Å². The third kappa shape index (κ3) is 4.06. The van der Waals surface area contributed by atoms with E-state index in [1.165, 1.54) is 0 Å². The van der Waals surface area contributed by atoms with E-state index in [2.05, 4.69) is 12.2 Å². The number of aryl methyl sites for hydroxylation is 2. The number of carbonyl (C=O) groups is 2. The first-order chi connectivity index (χ1) is 9.97. The van der Waals surface area contributed by atoms with E-state index < -0.39 is 0 Å². The molecule has 1 N–H and O–H groups in total. The van der Waals surface area contributed by atoms with Gasteiger partial charge in [0.05, 0.1) is 0 Å². The Labute approximate surface area is 126 Å². The molecule has 0 bridgehead atoms. The second-order valence-electron chi connectivity index (χ2n) is 6.06. The van der Waals surface area contributed by atoms with E-state index in [4.69, 9.17) is 0 Å². The van der Waals surface area contributed by atoms with Crippen LogP contribution in [0.25, 0.3) is 0 Å². The van der Waals surface area contributed by atoms with Gasteiger partial charge >= 0.3 is 0 Å². The quantitative estimate of drug-likeness (QED) is 0.869. The lowest BCUT2D eigenvalue weighted by molar-refractivity contribution is -0.135. The normalized spacial score (nSPS) is 15.9. The zero-order chi connectivity index (χ0) is 15.4. The summed E-state index contributed by atoms with van der Waals surface area (Å²) in [4.78, 5) is 26.0. The van der Waals surface area contributed by atoms with Crippen molar-refractivity contribution < 1.29 is 9.59 Å². The Kier molecular flexibility index (Phi) is 4.99. The van der Waals surface area contributed by atoms with Crippen LogP contribution in [0.3, 0.4) is 0 Å². The van der Waals surface area contributed by atoms with Crippen LogP contribution in [0, 0.1) is 19.8 Å². The average Bonchev–Trinajstić information content (AvgIpc) is 2.43. The predicted octanol–water partition coefficient (Wildman–Crippen LogP) is 2.89. The molecule has 1 aromatic rings. The maximum Gasteiger partial charge on any atom is 0.233 e. The maximum atomic E-state index is 12.1. The van der Waals surface area contributed by atoms with Gasteiger partial charge in [-0.25, -0.2) is 0 Å². The molecule has 2 rings (SSSR count). The molecule has 0 spiro atoms. The molecule has 1 aliphatic heterocycles. The van der Waals surface area contributed by atoms with Crippen LogP contribution in [0.15, 0.2) is 18.2 Å². The number of likely N-dealkylation sites (tertiary alicyclic amines) is 1. The third-order valence-electron chi connectivity index (χ3n) is 4.19. The van der Waals surface area contributed by atoms with Crippen molar-refractivity contribution in [2.45, 2.75) is 40.0 Å². The van der Waals surface area contributed by atoms with Crippen LogP contribution in [0.2, 0.25) is 0 Å². The minimum atomic E-state index is -0.226. The Morgan fingerprint density at radius 1 is 1.19 bits per heavy atom. The minimum Gasteiger partial charge on any atom is -0.342 e. The molecule has 2 amide bonds. The Morgan fingerprint density at radius 2 is 1.76 bits per heavy atom. The van der Waals surface area contributed by atoms with Gasteiger partial charge in [0, 0.05) is 18.8 Å². The summed E-state index contributed by atoms with van der Waals surface area (Å²) in [6, 6.07) is 5.87. The molecule has 0 aliphatic carbocycles. The van der Waals surface area contributed by atoms with Gasteiger partial charge in [-0.1, -0.05) is 25.1 Å². The zero-order valence-electron chi connectivity index (χ0n) is 13.1. The molecular formula is C17H24N2O2. The Bertz CT molecular complexity index is 511. The molecule has 0 radical (unpaired) electrons. The minimum absolute atomic E-state index is 0.0642. The number of anilines is 1. The number of nitrogens with one attached hydrogen (secondary N) is 1. The predicted molar refractivity (Wildman–Crippen MR) is 84.1 cm³/mol. The first-order valence-electron chi connectivity index (χ1n) is 7.61. The second-order valence-corrected chi connectivity index (χ2v) is 6.06. The molecule has 1 heterocycles. The lowest BCUT2D eigenvalue weighted by atomic mass is 9.99. The fourth-order valence-electron chi connectivity index (χ4n) is 2.70. The summed E-state index contributed by atoms with van der Waals surface area (Å²) < 4.78 is 0. The van der Waals surface area contributed by atoms with Crippen molar-refractivity contribution in [2.75, 3.05) is 18.4 Å². The summed E-state index contributed by atoms with van der Waals surface area (Å²) in [5.41, 5.74) is 2.85. The summed E-state index contributed by atoms with van der Waals surface area (Å²) >= 11 is 0. The van der Waals surface area contributed by atoms with E-state index in [9.17, 15) is 9.59 Å². The maximum absolute atomic E-state index is 12.1. The lowest BCUT2D eigenvalue weighted by Gasteiger charge is -2.30. The third-order valence-corrected chi connectivity index (χ3v) is 4.19. The number of para-hydroxylation sites is 1. The SMILES string of the molecule is Cc1cccc(C)c1NC(=O)CC(=O)N1CCC(C)CC1. The summed E-state index contributed by atoms with van der Waals surface area (Å²) in [5, 5.41) is 2.87. The van der Waals surface area contributed by atoms with E-state index in [0.29, 0.717) is 5.92 Å². The van der Waals surface area contributed by atoms with Crippen molar-refractivity contribution in [3.63, 3.8) is 0 Å². The van der Waals surface area contributed by atoms with Crippen molar-refractivity contribution >= 4 is 17.5 Å². The highest BCUT2D eigenvalue weighted by Gasteiger charge is 2.22. The molecule has 0 saturated carbocycles. The van der Waals surface area contributed by atoms with Gasteiger partial charge in [0.25, 0.3) is 0 Å². The fraction of sp³-hybridized carbons (Fsp3) is 0.529. The molecule has 1 aromatic carbocycles. The first-order valence-corrected chi connectivity index (χ1v) is 7.61. The van der Waals surface area contributed by atoms with Gasteiger partial charge in [0.2, 0.25) is 11.8 Å². The van der Waals surface area contributed by atoms with E-state index in [-0.39, 0.29) is 18.2 Å². The van der Waals surface area contributed by atoms with E-state index >= 15 is 0 Å². The number of benzene rings is 1. The zero-order valence-corrected chi connectivity index (χ0v) is 13.1. The summed E-state index contributed by atoms with van der Waals surface area (Å²) in [7, 11) is 0. The van der Waals surface area contributed by atoms with Gasteiger partial charge in [-0.15, -0.1) is 0 Å². The van der Waals surface area contributed by atoms with Crippen molar-refractivity contribution in [3.05, 3.63) is 29.3 Å². The number of piperidine rings is 1. The van der Waals surface area contributed by atoms with E-state index in [0.717, 1.165) is 42.7 Å². The Balaban J connectivity index is 1.91. The first kappa shape index (κ1) is 15.5. The van der Waals surface area contributed by atoms with Crippen molar-refractivity contribution in [3.8, 4) is 0 Å². The molecule has 114 valence electrons. The van der Waals surface area contributed by atoms with Crippen LogP contribution in [0.4, 0.5) is 5.69 Å². The van der Waals surface area contributed by atoms with Gasteiger partial charge in [0.1, 0.15) is 6.42 Å². The van der Waals surface area contributed by atoms with E-state index in [1.807, 2.05) is 36.9 Å². The largest absolute Gasteiger partial charge is 0.342 e. The second kappa shape index (κ2) is 6.74.